The second-order valence-corrected chi connectivity index (χ2v) is 3.10. The van der Waals surface area contributed by atoms with Gasteiger partial charge in [0.05, 0.1) is 5.02 Å². The monoisotopic (exact) mass is 200 g/mol. The van der Waals surface area contributed by atoms with Crippen LogP contribution in [0.5, 0.6) is 0 Å². The number of nitrogens with zero attached hydrogens (tertiary/aromatic N) is 1. The van der Waals surface area contributed by atoms with Gasteiger partial charge in [-0.1, -0.05) is 17.7 Å². The zero-order chi connectivity index (χ0) is 9.84. The molecule has 1 atom stereocenters. The zero-order valence-electron chi connectivity index (χ0n) is 7.00. The first-order valence-electron chi connectivity index (χ1n) is 3.82. The van der Waals surface area contributed by atoms with Crippen molar-refractivity contribution < 1.29 is 4.39 Å². The Morgan fingerprint density at radius 1 is 1.77 bits per heavy atom. The maximum absolute atomic E-state index is 13.1. The minimum Gasteiger partial charge on any atom is -0.324 e. The molecule has 4 heteroatoms. The van der Waals surface area contributed by atoms with E-state index in [-0.39, 0.29) is 0 Å². The van der Waals surface area contributed by atoms with Gasteiger partial charge in [-0.3, -0.25) is 0 Å². The number of aromatic nitrogens is 1. The molecule has 2 nitrogen and oxygen atoms in total. The molecule has 0 aromatic carbocycles. The molecule has 0 fully saturated rings. The SMILES string of the molecule is C=CC[C@@H](N)c1cc(Cl)cnc1F. The van der Waals surface area contributed by atoms with Crippen LogP contribution in [0.1, 0.15) is 18.0 Å². The Labute approximate surface area is 81.2 Å². The van der Waals surface area contributed by atoms with Gasteiger partial charge in [0, 0.05) is 17.8 Å². The Morgan fingerprint density at radius 2 is 2.46 bits per heavy atom. The lowest BCUT2D eigenvalue weighted by Gasteiger charge is -2.09. The van der Waals surface area contributed by atoms with Gasteiger partial charge in [-0.2, -0.15) is 4.39 Å². The van der Waals surface area contributed by atoms with E-state index in [1.165, 1.54) is 12.3 Å². The molecule has 0 amide bonds. The molecule has 13 heavy (non-hydrogen) atoms. The summed E-state index contributed by atoms with van der Waals surface area (Å²) in [6, 6.07) is 1.06. The van der Waals surface area contributed by atoms with Crippen LogP contribution in [0.3, 0.4) is 0 Å². The summed E-state index contributed by atoms with van der Waals surface area (Å²) in [7, 11) is 0. The minimum absolute atomic E-state index is 0.326. The lowest BCUT2D eigenvalue weighted by atomic mass is 10.1. The van der Waals surface area contributed by atoms with Gasteiger partial charge >= 0.3 is 0 Å². The van der Waals surface area contributed by atoms with E-state index < -0.39 is 12.0 Å². The fourth-order valence-corrected chi connectivity index (χ4v) is 1.17. The number of hydrogen-bond acceptors (Lipinski definition) is 2. The largest absolute Gasteiger partial charge is 0.324 e. The van der Waals surface area contributed by atoms with Gasteiger partial charge in [0.25, 0.3) is 0 Å². The highest BCUT2D eigenvalue weighted by molar-refractivity contribution is 6.30. The van der Waals surface area contributed by atoms with Crippen LogP contribution in [0, 0.1) is 5.95 Å². The summed E-state index contributed by atoms with van der Waals surface area (Å²) in [5.74, 6) is -0.571. The predicted molar refractivity (Wildman–Crippen MR) is 50.9 cm³/mol. The highest BCUT2D eigenvalue weighted by Gasteiger charge is 2.11. The lowest BCUT2D eigenvalue weighted by Crippen LogP contribution is -2.11. The summed E-state index contributed by atoms with van der Waals surface area (Å²) in [6.07, 6.45) is 3.38. The molecule has 0 radical (unpaired) electrons. The van der Waals surface area contributed by atoms with Crippen molar-refractivity contribution in [3.8, 4) is 0 Å². The molecule has 1 heterocycles. The maximum atomic E-state index is 13.1. The number of hydrogen-bond donors (Lipinski definition) is 1. The first-order valence-corrected chi connectivity index (χ1v) is 4.20. The van der Waals surface area contributed by atoms with Crippen molar-refractivity contribution in [2.45, 2.75) is 12.5 Å². The van der Waals surface area contributed by atoms with Crippen molar-refractivity contribution in [3.05, 3.63) is 41.5 Å². The summed E-state index contributed by atoms with van der Waals surface area (Å²) in [5.41, 5.74) is 5.99. The van der Waals surface area contributed by atoms with E-state index in [0.717, 1.165) is 0 Å². The van der Waals surface area contributed by atoms with Crippen LogP contribution in [-0.4, -0.2) is 4.98 Å². The van der Waals surface area contributed by atoms with E-state index in [4.69, 9.17) is 17.3 Å². The summed E-state index contributed by atoms with van der Waals surface area (Å²) in [4.78, 5) is 3.47. The maximum Gasteiger partial charge on any atom is 0.217 e. The van der Waals surface area contributed by atoms with Crippen molar-refractivity contribution in [1.82, 2.24) is 4.98 Å². The number of rotatable bonds is 3. The number of nitrogens with two attached hydrogens (primary N) is 1. The van der Waals surface area contributed by atoms with Crippen LogP contribution in [-0.2, 0) is 0 Å². The van der Waals surface area contributed by atoms with Crippen LogP contribution >= 0.6 is 11.6 Å². The van der Waals surface area contributed by atoms with E-state index in [2.05, 4.69) is 11.6 Å². The molecular formula is C9H10ClFN2. The van der Waals surface area contributed by atoms with E-state index in [9.17, 15) is 4.39 Å². The Morgan fingerprint density at radius 3 is 3.08 bits per heavy atom. The first kappa shape index (κ1) is 10.2. The van der Waals surface area contributed by atoms with Gasteiger partial charge in [0.1, 0.15) is 0 Å². The van der Waals surface area contributed by atoms with Gasteiger partial charge in [-0.05, 0) is 12.5 Å². The summed E-state index contributed by atoms with van der Waals surface area (Å²) >= 11 is 5.65. The summed E-state index contributed by atoms with van der Waals surface area (Å²) < 4.78 is 13.1. The fraction of sp³-hybridized carbons (Fsp3) is 0.222. The third-order valence-electron chi connectivity index (χ3n) is 1.65. The van der Waals surface area contributed by atoms with Gasteiger partial charge in [0.2, 0.25) is 5.95 Å². The van der Waals surface area contributed by atoms with Crippen molar-refractivity contribution in [3.63, 3.8) is 0 Å². The average molecular weight is 201 g/mol. The topological polar surface area (TPSA) is 38.9 Å². The normalized spacial score (nSPS) is 12.5. The van der Waals surface area contributed by atoms with Crippen LogP contribution in [0.4, 0.5) is 4.39 Å². The van der Waals surface area contributed by atoms with Gasteiger partial charge in [-0.15, -0.1) is 6.58 Å². The fourth-order valence-electron chi connectivity index (χ4n) is 1.00. The molecule has 1 rings (SSSR count). The van der Waals surface area contributed by atoms with E-state index in [1.54, 1.807) is 6.08 Å². The van der Waals surface area contributed by atoms with Crippen molar-refractivity contribution in [1.29, 1.82) is 0 Å². The molecule has 0 aliphatic rings. The van der Waals surface area contributed by atoms with Gasteiger partial charge < -0.3 is 5.73 Å². The molecular weight excluding hydrogens is 191 g/mol. The van der Waals surface area contributed by atoms with E-state index in [0.29, 0.717) is 17.0 Å². The van der Waals surface area contributed by atoms with E-state index in [1.807, 2.05) is 0 Å². The van der Waals surface area contributed by atoms with Crippen LogP contribution in [0.15, 0.2) is 24.9 Å². The Kier molecular flexibility index (Phi) is 3.39. The highest BCUT2D eigenvalue weighted by atomic mass is 35.5. The van der Waals surface area contributed by atoms with Crippen LogP contribution < -0.4 is 5.73 Å². The number of halogens is 2. The third-order valence-corrected chi connectivity index (χ3v) is 1.86. The molecule has 0 spiro atoms. The van der Waals surface area contributed by atoms with Crippen molar-refractivity contribution in [2.75, 3.05) is 0 Å². The zero-order valence-corrected chi connectivity index (χ0v) is 7.76. The molecule has 0 aliphatic heterocycles. The molecule has 1 aromatic rings. The molecule has 70 valence electrons. The number of pyridine rings is 1. The second-order valence-electron chi connectivity index (χ2n) is 2.66. The smallest absolute Gasteiger partial charge is 0.217 e. The third kappa shape index (κ3) is 2.50. The lowest BCUT2D eigenvalue weighted by molar-refractivity contribution is 0.545. The molecule has 1 aromatic heterocycles. The quantitative estimate of drug-likeness (QED) is 0.601. The molecule has 0 saturated carbocycles. The standard InChI is InChI=1S/C9H10ClFN2/c1-2-3-8(12)7-4-6(10)5-13-9(7)11/h2,4-5,8H,1,3,12H2/t8-/m1/s1. The van der Waals surface area contributed by atoms with Gasteiger partial charge in [-0.25, -0.2) is 4.98 Å². The molecule has 2 N–H and O–H groups in total. The summed E-state index contributed by atoms with van der Waals surface area (Å²) in [5, 5.41) is 0.385. The first-order chi connectivity index (χ1) is 6.15. The molecule has 0 saturated heterocycles. The molecule has 0 aliphatic carbocycles. The molecule has 0 bridgehead atoms. The average Bonchev–Trinajstić information content (AvgIpc) is 2.09. The van der Waals surface area contributed by atoms with Gasteiger partial charge in [0.15, 0.2) is 0 Å². The Bertz CT molecular complexity index is 314. The molecule has 0 unspecified atom stereocenters. The van der Waals surface area contributed by atoms with E-state index >= 15 is 0 Å². The van der Waals surface area contributed by atoms with Crippen LogP contribution in [0.2, 0.25) is 5.02 Å². The predicted octanol–water partition coefficient (Wildman–Crippen LogP) is 2.45. The Balaban J connectivity index is 2.97. The Hall–Kier alpha value is -0.930. The van der Waals surface area contributed by atoms with Crippen molar-refractivity contribution in [2.24, 2.45) is 5.73 Å². The second kappa shape index (κ2) is 4.35. The summed E-state index contributed by atoms with van der Waals surface area (Å²) in [6.45, 7) is 3.52. The minimum atomic E-state index is -0.571. The highest BCUT2D eigenvalue weighted by Crippen LogP contribution is 2.20. The van der Waals surface area contributed by atoms with Crippen LogP contribution in [0.25, 0.3) is 0 Å². The van der Waals surface area contributed by atoms with Crippen molar-refractivity contribution >= 4 is 11.6 Å².